The Labute approximate surface area is 137 Å². The number of amides is 1. The van der Waals surface area contributed by atoms with E-state index in [9.17, 15) is 4.79 Å². The fourth-order valence-corrected chi connectivity index (χ4v) is 3.49. The van der Waals surface area contributed by atoms with Crippen molar-refractivity contribution in [3.05, 3.63) is 58.7 Å². The molecule has 2 aromatic carbocycles. The minimum atomic E-state index is -0.138. The van der Waals surface area contributed by atoms with Crippen LogP contribution >= 0.6 is 11.8 Å². The van der Waals surface area contributed by atoms with Gasteiger partial charge in [-0.25, -0.2) is 0 Å². The van der Waals surface area contributed by atoms with Gasteiger partial charge < -0.3 is 5.32 Å². The van der Waals surface area contributed by atoms with Crippen molar-refractivity contribution < 1.29 is 4.79 Å². The Morgan fingerprint density at radius 2 is 1.59 bits per heavy atom. The van der Waals surface area contributed by atoms with Crippen LogP contribution in [0.25, 0.3) is 0 Å². The lowest BCUT2D eigenvalue weighted by Crippen LogP contribution is -2.23. The highest BCUT2D eigenvalue weighted by Crippen LogP contribution is 2.28. The Morgan fingerprint density at radius 3 is 2.18 bits per heavy atom. The van der Waals surface area contributed by atoms with Crippen LogP contribution in [-0.4, -0.2) is 11.2 Å². The quantitative estimate of drug-likeness (QED) is 0.801. The van der Waals surface area contributed by atoms with Crippen molar-refractivity contribution in [3.63, 3.8) is 0 Å². The molecule has 1 unspecified atom stereocenters. The Balaban J connectivity index is 2.11. The zero-order valence-electron chi connectivity index (χ0n) is 13.9. The first kappa shape index (κ1) is 16.6. The molecule has 0 radical (unpaired) electrons. The second-order valence-corrected chi connectivity index (χ2v) is 7.17. The zero-order valence-corrected chi connectivity index (χ0v) is 14.7. The standard InChI is InChI=1S/C19H23NOS/c1-12-10-14(3)18(15(4)11-12)20-19(21)16(5)22-17-9-7-6-8-13(17)2/h6-11,16H,1-5H3,(H,20,21). The number of benzene rings is 2. The molecule has 2 aromatic rings. The molecule has 3 heteroatoms. The van der Waals surface area contributed by atoms with Gasteiger partial charge in [-0.2, -0.15) is 0 Å². The van der Waals surface area contributed by atoms with Crippen molar-refractivity contribution in [2.45, 2.75) is 44.8 Å². The van der Waals surface area contributed by atoms with Crippen LogP contribution in [0.15, 0.2) is 41.3 Å². The average Bonchev–Trinajstić information content (AvgIpc) is 2.45. The summed E-state index contributed by atoms with van der Waals surface area (Å²) in [7, 11) is 0. The molecule has 22 heavy (non-hydrogen) atoms. The topological polar surface area (TPSA) is 29.1 Å². The van der Waals surface area contributed by atoms with Crippen LogP contribution in [0.1, 0.15) is 29.2 Å². The third kappa shape index (κ3) is 3.92. The Morgan fingerprint density at radius 1 is 1.00 bits per heavy atom. The van der Waals surface area contributed by atoms with Crippen molar-refractivity contribution in [2.75, 3.05) is 5.32 Å². The van der Waals surface area contributed by atoms with Crippen LogP contribution in [-0.2, 0) is 4.79 Å². The molecule has 0 aliphatic rings. The normalized spacial score (nSPS) is 12.0. The van der Waals surface area contributed by atoms with Crippen molar-refractivity contribution in [3.8, 4) is 0 Å². The van der Waals surface area contributed by atoms with E-state index in [1.54, 1.807) is 11.8 Å². The molecule has 1 atom stereocenters. The van der Waals surface area contributed by atoms with Crippen LogP contribution in [0.5, 0.6) is 0 Å². The number of hydrogen-bond donors (Lipinski definition) is 1. The highest BCUT2D eigenvalue weighted by Gasteiger charge is 2.17. The average molecular weight is 313 g/mol. The van der Waals surface area contributed by atoms with Gasteiger partial charge in [-0.05, 0) is 57.4 Å². The first-order chi connectivity index (χ1) is 10.4. The molecule has 0 heterocycles. The smallest absolute Gasteiger partial charge is 0.237 e. The van der Waals surface area contributed by atoms with Gasteiger partial charge in [0.2, 0.25) is 5.91 Å². The number of rotatable bonds is 4. The van der Waals surface area contributed by atoms with Crippen LogP contribution in [0.4, 0.5) is 5.69 Å². The molecule has 1 amide bonds. The van der Waals surface area contributed by atoms with Gasteiger partial charge in [0.1, 0.15) is 0 Å². The minimum Gasteiger partial charge on any atom is -0.325 e. The largest absolute Gasteiger partial charge is 0.325 e. The Hall–Kier alpha value is -1.74. The maximum atomic E-state index is 12.5. The minimum absolute atomic E-state index is 0.0447. The van der Waals surface area contributed by atoms with Crippen LogP contribution in [0.3, 0.4) is 0 Å². The maximum Gasteiger partial charge on any atom is 0.237 e. The number of aryl methyl sites for hydroxylation is 4. The molecule has 0 aromatic heterocycles. The molecule has 2 nitrogen and oxygen atoms in total. The van der Waals surface area contributed by atoms with Gasteiger partial charge in [0.25, 0.3) is 0 Å². The number of carbonyl (C=O) groups excluding carboxylic acids is 1. The molecule has 1 N–H and O–H groups in total. The fourth-order valence-electron chi connectivity index (χ4n) is 2.53. The summed E-state index contributed by atoms with van der Waals surface area (Å²) in [6.07, 6.45) is 0. The van der Waals surface area contributed by atoms with E-state index < -0.39 is 0 Å². The molecule has 0 spiro atoms. The molecule has 0 saturated carbocycles. The first-order valence-electron chi connectivity index (χ1n) is 7.49. The highest BCUT2D eigenvalue weighted by molar-refractivity contribution is 8.00. The third-order valence-corrected chi connectivity index (χ3v) is 4.97. The predicted octanol–water partition coefficient (Wildman–Crippen LogP) is 5.04. The molecule has 0 aliphatic carbocycles. The van der Waals surface area contributed by atoms with Crippen molar-refractivity contribution in [2.24, 2.45) is 0 Å². The number of nitrogens with one attached hydrogen (secondary N) is 1. The van der Waals surface area contributed by atoms with Crippen LogP contribution in [0, 0.1) is 27.7 Å². The van der Waals surface area contributed by atoms with E-state index in [1.165, 1.54) is 11.1 Å². The summed E-state index contributed by atoms with van der Waals surface area (Å²) in [5.41, 5.74) is 5.58. The highest BCUT2D eigenvalue weighted by atomic mass is 32.2. The van der Waals surface area contributed by atoms with Crippen molar-refractivity contribution in [1.29, 1.82) is 0 Å². The van der Waals surface area contributed by atoms with Gasteiger partial charge in [0.05, 0.1) is 5.25 Å². The Bertz CT molecular complexity index is 671. The van der Waals surface area contributed by atoms with E-state index in [0.717, 1.165) is 21.7 Å². The van der Waals surface area contributed by atoms with Gasteiger partial charge in [-0.1, -0.05) is 35.9 Å². The van der Waals surface area contributed by atoms with Crippen LogP contribution < -0.4 is 5.32 Å². The molecular weight excluding hydrogens is 290 g/mol. The molecule has 0 aliphatic heterocycles. The molecule has 0 bridgehead atoms. The Kier molecular flexibility index (Phi) is 5.30. The van der Waals surface area contributed by atoms with Crippen molar-refractivity contribution in [1.82, 2.24) is 0 Å². The predicted molar refractivity (Wildman–Crippen MR) is 95.8 cm³/mol. The van der Waals surface area contributed by atoms with E-state index in [1.807, 2.05) is 32.9 Å². The van der Waals surface area contributed by atoms with Gasteiger partial charge in [0, 0.05) is 10.6 Å². The van der Waals surface area contributed by atoms with Crippen LogP contribution in [0.2, 0.25) is 0 Å². The third-order valence-electron chi connectivity index (χ3n) is 3.69. The summed E-state index contributed by atoms with van der Waals surface area (Å²) in [4.78, 5) is 13.6. The molecule has 116 valence electrons. The molecular formula is C19H23NOS. The number of hydrogen-bond acceptors (Lipinski definition) is 2. The second-order valence-electron chi connectivity index (χ2n) is 5.79. The van der Waals surface area contributed by atoms with E-state index in [0.29, 0.717) is 0 Å². The monoisotopic (exact) mass is 313 g/mol. The number of anilines is 1. The summed E-state index contributed by atoms with van der Waals surface area (Å²) < 4.78 is 0. The lowest BCUT2D eigenvalue weighted by molar-refractivity contribution is -0.115. The van der Waals surface area contributed by atoms with Gasteiger partial charge >= 0.3 is 0 Å². The van der Waals surface area contributed by atoms with Gasteiger partial charge in [0.15, 0.2) is 0 Å². The first-order valence-corrected chi connectivity index (χ1v) is 8.37. The molecule has 0 fully saturated rings. The summed E-state index contributed by atoms with van der Waals surface area (Å²) in [5.74, 6) is 0.0447. The fraction of sp³-hybridized carbons (Fsp3) is 0.316. The molecule has 2 rings (SSSR count). The van der Waals surface area contributed by atoms with Gasteiger partial charge in [-0.15, -0.1) is 11.8 Å². The number of carbonyl (C=O) groups is 1. The zero-order chi connectivity index (χ0) is 16.3. The summed E-state index contributed by atoms with van der Waals surface area (Å²) >= 11 is 1.60. The van der Waals surface area contributed by atoms with E-state index in [4.69, 9.17) is 0 Å². The SMILES string of the molecule is Cc1cc(C)c(NC(=O)C(C)Sc2ccccc2C)c(C)c1. The lowest BCUT2D eigenvalue weighted by atomic mass is 10.1. The second kappa shape index (κ2) is 7.01. The van der Waals surface area contributed by atoms with Gasteiger partial charge in [-0.3, -0.25) is 4.79 Å². The maximum absolute atomic E-state index is 12.5. The van der Waals surface area contributed by atoms with Crippen molar-refractivity contribution >= 4 is 23.4 Å². The molecule has 0 saturated heterocycles. The van der Waals surface area contributed by atoms with E-state index in [-0.39, 0.29) is 11.2 Å². The lowest BCUT2D eigenvalue weighted by Gasteiger charge is -2.17. The van der Waals surface area contributed by atoms with E-state index in [2.05, 4.69) is 43.4 Å². The summed E-state index contributed by atoms with van der Waals surface area (Å²) in [6.45, 7) is 10.2. The number of thioether (sulfide) groups is 1. The van der Waals surface area contributed by atoms with E-state index >= 15 is 0 Å². The summed E-state index contributed by atoms with van der Waals surface area (Å²) in [6, 6.07) is 12.4. The summed E-state index contributed by atoms with van der Waals surface area (Å²) in [5, 5.41) is 2.95.